The van der Waals surface area contributed by atoms with Crippen LogP contribution in [-0.4, -0.2) is 158 Å². The summed E-state index contributed by atoms with van der Waals surface area (Å²) in [6.07, 6.45) is 0. The molecule has 0 aromatic carbocycles. The van der Waals surface area contributed by atoms with Gasteiger partial charge in [0.2, 0.25) is 0 Å². The standard InChI is InChI=1S/C16H36O8Si.C10H24O6Si/c1-5-17-9-13-21-25(22-14-10-18-6-2,23-15-11-19-7-3)24-16-12-20-8-4;1-11-5-8-14-17(4,15-9-6-12-2)16-10-7-13-3/h5-16H2,1-4H3;5-10H2,1-4H3. The van der Waals surface area contributed by atoms with Crippen LogP contribution in [0.15, 0.2) is 0 Å². The molecule has 0 saturated heterocycles. The molecule has 256 valence electrons. The zero-order valence-corrected chi connectivity index (χ0v) is 29.4. The molecule has 0 heterocycles. The van der Waals surface area contributed by atoms with Crippen molar-refractivity contribution in [2.24, 2.45) is 0 Å². The summed E-state index contributed by atoms with van der Waals surface area (Å²) >= 11 is 0. The Morgan fingerprint density at radius 2 is 0.571 bits per heavy atom. The van der Waals surface area contributed by atoms with Gasteiger partial charge in [-0.15, -0.1) is 0 Å². The SMILES string of the molecule is CCOCCO[Si](OCCOCC)(OCCOCC)OCCOCC.COCCO[Si](C)(OCCOC)OCCOC. The van der Waals surface area contributed by atoms with Crippen molar-refractivity contribution >= 4 is 17.9 Å². The summed E-state index contributed by atoms with van der Waals surface area (Å²) in [5.74, 6) is 0. The molecule has 42 heavy (non-hydrogen) atoms. The number of hydrogen-bond acceptors (Lipinski definition) is 14. The Hall–Kier alpha value is -0.126. The molecule has 0 amide bonds. The van der Waals surface area contributed by atoms with Gasteiger partial charge in [-0.3, -0.25) is 0 Å². The molecular weight excluding hydrogens is 592 g/mol. The second kappa shape index (κ2) is 33.8. The van der Waals surface area contributed by atoms with Crippen molar-refractivity contribution in [1.29, 1.82) is 0 Å². The van der Waals surface area contributed by atoms with Gasteiger partial charge in [-0.25, -0.2) is 0 Å². The van der Waals surface area contributed by atoms with Crippen molar-refractivity contribution in [3.63, 3.8) is 0 Å². The van der Waals surface area contributed by atoms with E-state index in [1.807, 2.05) is 34.2 Å². The lowest BCUT2D eigenvalue weighted by Gasteiger charge is -2.28. The third-order valence-corrected chi connectivity index (χ3v) is 9.21. The van der Waals surface area contributed by atoms with Crippen LogP contribution in [0.5, 0.6) is 0 Å². The predicted molar refractivity (Wildman–Crippen MR) is 161 cm³/mol. The molecule has 0 bridgehead atoms. The number of hydrogen-bond donors (Lipinski definition) is 0. The van der Waals surface area contributed by atoms with Crippen molar-refractivity contribution in [3.8, 4) is 0 Å². The van der Waals surface area contributed by atoms with E-state index in [0.29, 0.717) is 119 Å². The van der Waals surface area contributed by atoms with E-state index >= 15 is 0 Å². The Morgan fingerprint density at radius 3 is 0.786 bits per heavy atom. The quantitative estimate of drug-likeness (QED) is 0.0777. The van der Waals surface area contributed by atoms with E-state index < -0.39 is 17.9 Å². The van der Waals surface area contributed by atoms with Crippen LogP contribution < -0.4 is 0 Å². The molecule has 0 spiro atoms. The fourth-order valence-corrected chi connectivity index (χ4v) is 6.23. The summed E-state index contributed by atoms with van der Waals surface area (Å²) in [4.78, 5) is 0. The van der Waals surface area contributed by atoms with Gasteiger partial charge in [0, 0.05) is 54.3 Å². The summed E-state index contributed by atoms with van der Waals surface area (Å²) in [5, 5.41) is 0. The lowest BCUT2D eigenvalue weighted by molar-refractivity contribution is -0.0674. The maximum atomic E-state index is 5.85. The van der Waals surface area contributed by atoms with Crippen LogP contribution in [0.4, 0.5) is 0 Å². The van der Waals surface area contributed by atoms with Gasteiger partial charge in [0.25, 0.3) is 0 Å². The Morgan fingerprint density at radius 1 is 0.333 bits per heavy atom. The molecule has 0 atom stereocenters. The van der Waals surface area contributed by atoms with Crippen LogP contribution in [0.25, 0.3) is 0 Å². The third-order valence-electron chi connectivity index (χ3n) is 4.80. The minimum absolute atomic E-state index is 0.331. The number of ether oxygens (including phenoxy) is 7. The summed E-state index contributed by atoms with van der Waals surface area (Å²) in [6.45, 7) is 18.1. The van der Waals surface area contributed by atoms with E-state index in [2.05, 4.69) is 0 Å². The smallest absolute Gasteiger partial charge is 0.382 e. The van der Waals surface area contributed by atoms with Crippen molar-refractivity contribution in [3.05, 3.63) is 0 Å². The van der Waals surface area contributed by atoms with E-state index in [0.717, 1.165) is 0 Å². The van der Waals surface area contributed by atoms with Gasteiger partial charge >= 0.3 is 17.9 Å². The van der Waals surface area contributed by atoms with Crippen LogP contribution in [0.3, 0.4) is 0 Å². The Labute approximate surface area is 256 Å². The largest absolute Gasteiger partial charge is 0.680 e. The first-order valence-electron chi connectivity index (χ1n) is 14.7. The molecule has 0 saturated carbocycles. The monoisotopic (exact) mass is 652 g/mol. The molecule has 0 aromatic rings. The summed E-state index contributed by atoms with van der Waals surface area (Å²) in [5.41, 5.74) is 0. The van der Waals surface area contributed by atoms with E-state index in [-0.39, 0.29) is 0 Å². The first-order chi connectivity index (χ1) is 20.4. The minimum Gasteiger partial charge on any atom is -0.382 e. The van der Waals surface area contributed by atoms with Gasteiger partial charge in [0.15, 0.2) is 0 Å². The lowest BCUT2D eigenvalue weighted by atomic mass is 10.7. The highest BCUT2D eigenvalue weighted by Gasteiger charge is 2.46. The molecule has 0 N–H and O–H groups in total. The highest BCUT2D eigenvalue weighted by atomic mass is 28.4. The van der Waals surface area contributed by atoms with Crippen LogP contribution in [0, 0.1) is 0 Å². The van der Waals surface area contributed by atoms with Crippen LogP contribution >= 0.6 is 0 Å². The zero-order valence-electron chi connectivity index (χ0n) is 27.4. The van der Waals surface area contributed by atoms with E-state index in [9.17, 15) is 0 Å². The predicted octanol–water partition coefficient (Wildman–Crippen LogP) is 2.18. The number of methoxy groups -OCH3 is 3. The summed E-state index contributed by atoms with van der Waals surface area (Å²) in [7, 11) is -1.04. The highest BCUT2D eigenvalue weighted by molar-refractivity contribution is 6.59. The Kier molecular flexibility index (Phi) is 35.4. The van der Waals surface area contributed by atoms with Gasteiger partial charge in [0.1, 0.15) is 0 Å². The molecule has 0 aliphatic rings. The molecule has 0 radical (unpaired) electrons. The molecule has 14 nitrogen and oxygen atoms in total. The maximum Gasteiger partial charge on any atom is 0.680 e. The summed E-state index contributed by atoms with van der Waals surface area (Å²) in [6, 6.07) is 0. The maximum absolute atomic E-state index is 5.85. The second-order valence-corrected chi connectivity index (χ2v) is 12.8. The molecule has 0 unspecified atom stereocenters. The third kappa shape index (κ3) is 28.6. The van der Waals surface area contributed by atoms with Crippen molar-refractivity contribution in [1.82, 2.24) is 0 Å². The summed E-state index contributed by atoms with van der Waals surface area (Å²) < 4.78 is 76.3. The normalized spacial score (nSPS) is 12.0. The van der Waals surface area contributed by atoms with Gasteiger partial charge in [-0.2, -0.15) is 0 Å². The van der Waals surface area contributed by atoms with Crippen LogP contribution in [0.2, 0.25) is 6.55 Å². The second-order valence-electron chi connectivity index (χ2n) is 8.07. The first-order valence-corrected chi connectivity index (χ1v) is 18.5. The topological polar surface area (TPSA) is 129 Å². The van der Waals surface area contributed by atoms with Crippen LogP contribution in [0.1, 0.15) is 27.7 Å². The van der Waals surface area contributed by atoms with Crippen molar-refractivity contribution < 1.29 is 64.1 Å². The highest BCUT2D eigenvalue weighted by Crippen LogP contribution is 2.13. The van der Waals surface area contributed by atoms with Gasteiger partial charge < -0.3 is 64.1 Å². The van der Waals surface area contributed by atoms with E-state index in [1.165, 1.54) is 0 Å². The van der Waals surface area contributed by atoms with Gasteiger partial charge in [-0.1, -0.05) is 0 Å². The Balaban J connectivity index is 0. The average molecular weight is 653 g/mol. The lowest BCUT2D eigenvalue weighted by Crippen LogP contribution is -2.51. The van der Waals surface area contributed by atoms with Crippen molar-refractivity contribution in [2.45, 2.75) is 34.2 Å². The van der Waals surface area contributed by atoms with Gasteiger partial charge in [0.05, 0.1) is 92.5 Å². The fourth-order valence-electron chi connectivity index (χ4n) is 2.79. The average Bonchev–Trinajstić information content (AvgIpc) is 2.99. The fraction of sp³-hybridized carbons (Fsp3) is 1.00. The molecule has 16 heteroatoms. The molecule has 0 aromatic heterocycles. The molecule has 0 fully saturated rings. The zero-order chi connectivity index (χ0) is 31.6. The first kappa shape index (κ1) is 44.0. The minimum atomic E-state index is -3.32. The van der Waals surface area contributed by atoms with Crippen LogP contribution in [-0.2, 0) is 64.1 Å². The van der Waals surface area contributed by atoms with Crippen molar-refractivity contribution in [2.75, 3.05) is 140 Å². The molecular formula is C26H60O14Si2. The molecule has 0 rings (SSSR count). The van der Waals surface area contributed by atoms with E-state index in [4.69, 9.17) is 64.1 Å². The molecule has 0 aliphatic heterocycles. The number of rotatable bonds is 32. The van der Waals surface area contributed by atoms with Gasteiger partial charge in [-0.05, 0) is 27.7 Å². The van der Waals surface area contributed by atoms with E-state index in [1.54, 1.807) is 21.3 Å². The Bertz CT molecular complexity index is 445. The molecule has 0 aliphatic carbocycles.